The average Bonchev–Trinajstić information content (AvgIpc) is 2.80. The van der Waals surface area contributed by atoms with Crippen molar-refractivity contribution in [2.24, 2.45) is 0 Å². The molecule has 0 aliphatic rings. The number of ether oxygens (including phenoxy) is 1. The van der Waals surface area contributed by atoms with Gasteiger partial charge in [0, 0.05) is 19.7 Å². The predicted octanol–water partition coefficient (Wildman–Crippen LogP) is 3.03. The molecule has 1 rings (SSSR count). The largest absolute Gasteiger partial charge is 0.396 e. The van der Waals surface area contributed by atoms with E-state index in [0.717, 1.165) is 22.7 Å². The van der Waals surface area contributed by atoms with Crippen LogP contribution in [0.1, 0.15) is 36.4 Å². The Bertz CT molecular complexity index is 463. The number of nitrogens with two attached hydrogens (primary N) is 1. The number of nitrogens with one attached hydrogen (secondary N) is 2. The number of carbonyl (C=O) groups is 1. The number of hydrogen-bond acceptors (Lipinski definition) is 6. The van der Waals surface area contributed by atoms with E-state index in [1.165, 1.54) is 11.3 Å². The Balaban J connectivity index is 2.96. The first-order chi connectivity index (χ1) is 10.1. The lowest BCUT2D eigenvalue weighted by atomic mass is 10.2. The predicted molar refractivity (Wildman–Crippen MR) is 92.7 cm³/mol. The molecule has 1 aromatic rings. The normalized spacial score (nSPS) is 12.2. The van der Waals surface area contributed by atoms with Crippen LogP contribution in [0, 0.1) is 0 Å². The van der Waals surface area contributed by atoms with Crippen molar-refractivity contribution in [2.45, 2.75) is 37.6 Å². The van der Waals surface area contributed by atoms with Gasteiger partial charge in [-0.1, -0.05) is 13.8 Å². The SMILES string of the molecule is CCCNC(=O)c1sc(NC(CC)COC)c(SC)c1N. The summed E-state index contributed by atoms with van der Waals surface area (Å²) < 4.78 is 5.20. The maximum Gasteiger partial charge on any atom is 0.263 e. The molecule has 0 bridgehead atoms. The van der Waals surface area contributed by atoms with Crippen molar-refractivity contribution >= 4 is 39.7 Å². The van der Waals surface area contributed by atoms with Gasteiger partial charge in [0.2, 0.25) is 0 Å². The maximum absolute atomic E-state index is 12.1. The molecule has 1 aromatic heterocycles. The van der Waals surface area contributed by atoms with Crippen molar-refractivity contribution in [3.63, 3.8) is 0 Å². The van der Waals surface area contributed by atoms with Gasteiger partial charge in [0.1, 0.15) is 9.88 Å². The van der Waals surface area contributed by atoms with Crippen molar-refractivity contribution in [1.29, 1.82) is 0 Å². The van der Waals surface area contributed by atoms with Gasteiger partial charge in [-0.15, -0.1) is 23.1 Å². The Morgan fingerprint density at radius 3 is 2.71 bits per heavy atom. The monoisotopic (exact) mass is 331 g/mol. The molecule has 0 saturated carbocycles. The zero-order chi connectivity index (χ0) is 15.8. The molecular formula is C14H25N3O2S2. The third kappa shape index (κ3) is 4.79. The first-order valence-electron chi connectivity index (χ1n) is 7.08. The van der Waals surface area contributed by atoms with E-state index in [0.29, 0.717) is 23.7 Å². The third-order valence-corrected chi connectivity index (χ3v) is 5.14. The highest BCUT2D eigenvalue weighted by Gasteiger charge is 2.21. The lowest BCUT2D eigenvalue weighted by molar-refractivity contribution is 0.0958. The van der Waals surface area contributed by atoms with Crippen molar-refractivity contribution in [3.05, 3.63) is 4.88 Å². The van der Waals surface area contributed by atoms with E-state index in [-0.39, 0.29) is 11.9 Å². The van der Waals surface area contributed by atoms with Crippen LogP contribution in [0.15, 0.2) is 4.90 Å². The van der Waals surface area contributed by atoms with Crippen molar-refractivity contribution in [1.82, 2.24) is 5.32 Å². The Kier molecular flexibility index (Phi) is 7.92. The van der Waals surface area contributed by atoms with Gasteiger partial charge in [0.25, 0.3) is 5.91 Å². The molecule has 0 saturated heterocycles. The number of anilines is 2. The van der Waals surface area contributed by atoms with Crippen LogP contribution in [-0.2, 0) is 4.74 Å². The number of carbonyl (C=O) groups excluding carboxylic acids is 1. The molecule has 120 valence electrons. The summed E-state index contributed by atoms with van der Waals surface area (Å²) in [6.45, 7) is 5.41. The molecule has 0 aliphatic carbocycles. The lowest BCUT2D eigenvalue weighted by Gasteiger charge is -2.16. The second kappa shape index (κ2) is 9.17. The Morgan fingerprint density at radius 1 is 1.48 bits per heavy atom. The van der Waals surface area contributed by atoms with Gasteiger partial charge >= 0.3 is 0 Å². The standard InChI is InChI=1S/C14H25N3O2S2/c1-5-7-16-13(18)11-10(15)12(20-4)14(21-11)17-9(6-2)8-19-3/h9,17H,5-8,15H2,1-4H3,(H,16,18). The molecule has 1 heterocycles. The summed E-state index contributed by atoms with van der Waals surface area (Å²) in [6, 6.07) is 0.213. The molecule has 0 spiro atoms. The van der Waals surface area contributed by atoms with Crippen molar-refractivity contribution < 1.29 is 9.53 Å². The molecular weight excluding hydrogens is 306 g/mol. The first-order valence-corrected chi connectivity index (χ1v) is 9.12. The quantitative estimate of drug-likeness (QED) is 0.606. The second-order valence-electron chi connectivity index (χ2n) is 4.67. The van der Waals surface area contributed by atoms with Crippen LogP contribution in [0.5, 0.6) is 0 Å². The molecule has 1 unspecified atom stereocenters. The number of nitrogen functional groups attached to an aromatic ring is 1. The Labute approximate surface area is 135 Å². The second-order valence-corrected chi connectivity index (χ2v) is 6.51. The Morgan fingerprint density at radius 2 is 2.19 bits per heavy atom. The molecule has 0 fully saturated rings. The van der Waals surface area contributed by atoms with Crippen molar-refractivity contribution in [2.75, 3.05) is 37.6 Å². The zero-order valence-corrected chi connectivity index (χ0v) is 14.7. The van der Waals surface area contributed by atoms with E-state index in [1.54, 1.807) is 18.9 Å². The highest BCUT2D eigenvalue weighted by molar-refractivity contribution is 7.99. The minimum Gasteiger partial charge on any atom is -0.396 e. The number of rotatable bonds is 9. The van der Waals surface area contributed by atoms with Gasteiger partial charge in [-0.3, -0.25) is 4.79 Å². The molecule has 4 N–H and O–H groups in total. The van der Waals surface area contributed by atoms with Crippen LogP contribution in [-0.4, -0.2) is 38.5 Å². The molecule has 7 heteroatoms. The molecule has 21 heavy (non-hydrogen) atoms. The highest BCUT2D eigenvalue weighted by Crippen LogP contribution is 2.42. The molecule has 0 aromatic carbocycles. The minimum absolute atomic E-state index is 0.0949. The van der Waals surface area contributed by atoms with Gasteiger partial charge in [0.05, 0.1) is 17.2 Å². The van der Waals surface area contributed by atoms with E-state index in [4.69, 9.17) is 10.5 Å². The fourth-order valence-electron chi connectivity index (χ4n) is 1.86. The maximum atomic E-state index is 12.1. The number of hydrogen-bond donors (Lipinski definition) is 3. The van der Waals surface area contributed by atoms with Crippen LogP contribution >= 0.6 is 23.1 Å². The van der Waals surface area contributed by atoms with E-state index < -0.39 is 0 Å². The van der Waals surface area contributed by atoms with Crippen LogP contribution in [0.25, 0.3) is 0 Å². The summed E-state index contributed by atoms with van der Waals surface area (Å²) >= 11 is 2.97. The molecule has 1 atom stereocenters. The van der Waals surface area contributed by atoms with Gasteiger partial charge in [-0.25, -0.2) is 0 Å². The summed E-state index contributed by atoms with van der Waals surface area (Å²) in [5.41, 5.74) is 6.70. The summed E-state index contributed by atoms with van der Waals surface area (Å²) in [7, 11) is 1.69. The van der Waals surface area contributed by atoms with Crippen molar-refractivity contribution in [3.8, 4) is 0 Å². The summed E-state index contributed by atoms with van der Waals surface area (Å²) in [5, 5.41) is 7.26. The van der Waals surface area contributed by atoms with Crippen LogP contribution in [0.2, 0.25) is 0 Å². The molecule has 5 nitrogen and oxygen atoms in total. The van der Waals surface area contributed by atoms with Crippen LogP contribution < -0.4 is 16.4 Å². The zero-order valence-electron chi connectivity index (χ0n) is 13.1. The molecule has 0 radical (unpaired) electrons. The Hall–Kier alpha value is -0.920. The van der Waals surface area contributed by atoms with E-state index >= 15 is 0 Å². The fourth-order valence-corrected chi connectivity index (χ4v) is 3.88. The summed E-state index contributed by atoms with van der Waals surface area (Å²) in [6.07, 6.45) is 3.81. The van der Waals surface area contributed by atoms with E-state index in [9.17, 15) is 4.79 Å². The van der Waals surface area contributed by atoms with Crippen LogP contribution in [0.4, 0.5) is 10.7 Å². The average molecular weight is 332 g/mol. The van der Waals surface area contributed by atoms with E-state index in [2.05, 4.69) is 17.6 Å². The highest BCUT2D eigenvalue weighted by atomic mass is 32.2. The lowest BCUT2D eigenvalue weighted by Crippen LogP contribution is -2.24. The van der Waals surface area contributed by atoms with Gasteiger partial charge in [0.15, 0.2) is 0 Å². The number of amides is 1. The fraction of sp³-hybridized carbons (Fsp3) is 0.643. The molecule has 0 aliphatic heterocycles. The van der Waals surface area contributed by atoms with Gasteiger partial charge < -0.3 is 21.1 Å². The van der Waals surface area contributed by atoms with Crippen LogP contribution in [0.3, 0.4) is 0 Å². The molecule has 1 amide bonds. The summed E-state index contributed by atoms with van der Waals surface area (Å²) in [4.78, 5) is 13.7. The number of methoxy groups -OCH3 is 1. The number of thiophene rings is 1. The third-order valence-electron chi connectivity index (χ3n) is 3.04. The number of thioether (sulfide) groups is 1. The van der Waals surface area contributed by atoms with Gasteiger partial charge in [-0.2, -0.15) is 0 Å². The van der Waals surface area contributed by atoms with Gasteiger partial charge in [-0.05, 0) is 19.1 Å². The first kappa shape index (κ1) is 18.1. The summed E-state index contributed by atoms with van der Waals surface area (Å²) in [5.74, 6) is -0.0949. The smallest absolute Gasteiger partial charge is 0.263 e. The topological polar surface area (TPSA) is 76.4 Å². The minimum atomic E-state index is -0.0949. The van der Waals surface area contributed by atoms with E-state index in [1.807, 2.05) is 13.2 Å².